The summed E-state index contributed by atoms with van der Waals surface area (Å²) in [5.74, 6) is -0.0374. The third kappa shape index (κ3) is 4.90. The first kappa shape index (κ1) is 11.1. The molecule has 1 rings (SSSR count). The molecule has 0 aliphatic heterocycles. The van der Waals surface area contributed by atoms with Crippen molar-refractivity contribution in [2.75, 3.05) is 6.54 Å². The molecule has 0 aromatic heterocycles. The molecule has 0 heterocycles. The number of hydrogen-bond donors (Lipinski definition) is 2. The van der Waals surface area contributed by atoms with Crippen molar-refractivity contribution >= 4 is 5.97 Å². The lowest BCUT2D eigenvalue weighted by atomic mass is 9.87. The minimum atomic E-state index is -0.893. The number of hydrogen-bond acceptors (Lipinski definition) is 2. The largest absolute Gasteiger partial charge is 0.478 e. The van der Waals surface area contributed by atoms with Gasteiger partial charge in [0.25, 0.3) is 0 Å². The molecule has 3 heteroatoms. The molecule has 1 saturated carbocycles. The fraction of sp³-hybridized carbons (Fsp3) is 0.727. The molecular formula is C11H19NO2. The summed E-state index contributed by atoms with van der Waals surface area (Å²) in [6.07, 6.45) is 10.7. The Morgan fingerprint density at radius 2 is 2.07 bits per heavy atom. The first-order valence-electron chi connectivity index (χ1n) is 5.42. The Hall–Kier alpha value is -0.990. The molecule has 0 bridgehead atoms. The van der Waals surface area contributed by atoms with Crippen molar-refractivity contribution < 1.29 is 9.90 Å². The summed E-state index contributed by atoms with van der Waals surface area (Å²) in [6, 6.07) is 0. The fourth-order valence-electron chi connectivity index (χ4n) is 1.98. The minimum Gasteiger partial charge on any atom is -0.478 e. The second-order valence-electron chi connectivity index (χ2n) is 3.92. The Morgan fingerprint density at radius 1 is 1.36 bits per heavy atom. The normalized spacial score (nSPS) is 18.6. The summed E-state index contributed by atoms with van der Waals surface area (Å²) in [7, 11) is 0. The second kappa shape index (κ2) is 6.46. The molecule has 0 unspecified atom stereocenters. The van der Waals surface area contributed by atoms with Crippen LogP contribution in [0.1, 0.15) is 38.5 Å². The van der Waals surface area contributed by atoms with Crippen LogP contribution < -0.4 is 5.32 Å². The molecule has 80 valence electrons. The lowest BCUT2D eigenvalue weighted by Gasteiger charge is -2.21. The Labute approximate surface area is 85.2 Å². The average molecular weight is 197 g/mol. The summed E-state index contributed by atoms with van der Waals surface area (Å²) in [5.41, 5.74) is 0. The monoisotopic (exact) mass is 197 g/mol. The maximum atomic E-state index is 10.1. The first-order valence-corrected chi connectivity index (χ1v) is 5.42. The highest BCUT2D eigenvalue weighted by Gasteiger charge is 2.11. The van der Waals surface area contributed by atoms with Gasteiger partial charge in [0.2, 0.25) is 0 Å². The van der Waals surface area contributed by atoms with Crippen LogP contribution in [0.5, 0.6) is 0 Å². The second-order valence-corrected chi connectivity index (χ2v) is 3.92. The molecule has 1 aliphatic carbocycles. The predicted molar refractivity (Wildman–Crippen MR) is 56.0 cm³/mol. The van der Waals surface area contributed by atoms with E-state index in [1.165, 1.54) is 44.7 Å². The Balaban J connectivity index is 2.00. The molecule has 0 amide bonds. The zero-order chi connectivity index (χ0) is 10.2. The molecule has 1 aliphatic rings. The van der Waals surface area contributed by atoms with Gasteiger partial charge in [0, 0.05) is 18.8 Å². The molecule has 3 nitrogen and oxygen atoms in total. The van der Waals surface area contributed by atoms with Gasteiger partial charge in [-0.05, 0) is 12.3 Å². The molecule has 14 heavy (non-hydrogen) atoms. The van der Waals surface area contributed by atoms with Crippen LogP contribution >= 0.6 is 0 Å². The van der Waals surface area contributed by atoms with Gasteiger partial charge in [-0.25, -0.2) is 4.79 Å². The van der Waals surface area contributed by atoms with Crippen molar-refractivity contribution in [2.24, 2.45) is 5.92 Å². The quantitative estimate of drug-likeness (QED) is 0.524. The van der Waals surface area contributed by atoms with E-state index in [4.69, 9.17) is 5.11 Å². The van der Waals surface area contributed by atoms with Crippen molar-refractivity contribution in [1.29, 1.82) is 0 Å². The van der Waals surface area contributed by atoms with Gasteiger partial charge >= 0.3 is 5.97 Å². The number of nitrogens with one attached hydrogen (secondary N) is 1. The SMILES string of the molecule is O=C(O)/C=C/NCCC1CCCCC1. The summed E-state index contributed by atoms with van der Waals surface area (Å²) in [5, 5.41) is 11.3. The molecular weight excluding hydrogens is 178 g/mol. The van der Waals surface area contributed by atoms with Crippen molar-refractivity contribution in [3.63, 3.8) is 0 Å². The summed E-state index contributed by atoms with van der Waals surface area (Å²) >= 11 is 0. The summed E-state index contributed by atoms with van der Waals surface area (Å²) in [4.78, 5) is 10.1. The van der Waals surface area contributed by atoms with Crippen LogP contribution in [-0.2, 0) is 4.79 Å². The van der Waals surface area contributed by atoms with Crippen LogP contribution in [0.3, 0.4) is 0 Å². The number of carboxylic acids is 1. The van der Waals surface area contributed by atoms with E-state index in [9.17, 15) is 4.79 Å². The maximum absolute atomic E-state index is 10.1. The standard InChI is InChI=1S/C11H19NO2/c13-11(14)7-9-12-8-6-10-4-2-1-3-5-10/h7,9-10,12H,1-6,8H2,(H,13,14)/b9-7+. The minimum absolute atomic E-state index is 0.856. The number of rotatable bonds is 5. The Bertz CT molecular complexity index is 195. The van der Waals surface area contributed by atoms with Crippen molar-refractivity contribution in [1.82, 2.24) is 5.32 Å². The van der Waals surface area contributed by atoms with E-state index in [-0.39, 0.29) is 0 Å². The van der Waals surface area contributed by atoms with Crippen molar-refractivity contribution in [2.45, 2.75) is 38.5 Å². The Kier molecular flexibility index (Phi) is 5.12. The smallest absolute Gasteiger partial charge is 0.329 e. The third-order valence-electron chi connectivity index (χ3n) is 2.77. The van der Waals surface area contributed by atoms with E-state index < -0.39 is 5.97 Å². The lowest BCUT2D eigenvalue weighted by molar-refractivity contribution is -0.131. The fourth-order valence-corrected chi connectivity index (χ4v) is 1.98. The van der Waals surface area contributed by atoms with Crippen molar-refractivity contribution in [3.8, 4) is 0 Å². The van der Waals surface area contributed by atoms with E-state index in [1.54, 1.807) is 0 Å². The van der Waals surface area contributed by atoms with Gasteiger partial charge in [-0.15, -0.1) is 0 Å². The van der Waals surface area contributed by atoms with Gasteiger partial charge in [0.05, 0.1) is 0 Å². The first-order chi connectivity index (χ1) is 6.79. The van der Waals surface area contributed by atoms with Crippen LogP contribution in [0.25, 0.3) is 0 Å². The predicted octanol–water partition coefficient (Wildman–Crippen LogP) is 2.14. The third-order valence-corrected chi connectivity index (χ3v) is 2.77. The molecule has 1 fully saturated rings. The van der Waals surface area contributed by atoms with Crippen LogP contribution in [0.4, 0.5) is 0 Å². The van der Waals surface area contributed by atoms with Crippen LogP contribution in [0.2, 0.25) is 0 Å². The lowest BCUT2D eigenvalue weighted by Crippen LogP contribution is -2.15. The zero-order valence-electron chi connectivity index (χ0n) is 8.54. The summed E-state index contributed by atoms with van der Waals surface area (Å²) in [6.45, 7) is 0.897. The highest BCUT2D eigenvalue weighted by Crippen LogP contribution is 2.25. The van der Waals surface area contributed by atoms with Crippen LogP contribution in [0, 0.1) is 5.92 Å². The van der Waals surface area contributed by atoms with Gasteiger partial charge in [-0.1, -0.05) is 32.1 Å². The molecule has 0 aromatic rings. The van der Waals surface area contributed by atoms with Gasteiger partial charge in [-0.3, -0.25) is 0 Å². The van der Waals surface area contributed by atoms with E-state index in [1.807, 2.05) is 0 Å². The zero-order valence-corrected chi connectivity index (χ0v) is 8.54. The highest BCUT2D eigenvalue weighted by atomic mass is 16.4. The van der Waals surface area contributed by atoms with Crippen LogP contribution in [0.15, 0.2) is 12.3 Å². The van der Waals surface area contributed by atoms with E-state index in [0.29, 0.717) is 0 Å². The van der Waals surface area contributed by atoms with Gasteiger partial charge < -0.3 is 10.4 Å². The van der Waals surface area contributed by atoms with E-state index in [0.717, 1.165) is 18.5 Å². The van der Waals surface area contributed by atoms with Crippen molar-refractivity contribution in [3.05, 3.63) is 12.3 Å². The molecule has 2 N–H and O–H groups in total. The van der Waals surface area contributed by atoms with Crippen LogP contribution in [-0.4, -0.2) is 17.6 Å². The molecule has 0 spiro atoms. The maximum Gasteiger partial charge on any atom is 0.329 e. The van der Waals surface area contributed by atoms with E-state index >= 15 is 0 Å². The summed E-state index contributed by atoms with van der Waals surface area (Å²) < 4.78 is 0. The number of aliphatic carboxylic acids is 1. The molecule has 0 aromatic carbocycles. The Morgan fingerprint density at radius 3 is 2.71 bits per heavy atom. The van der Waals surface area contributed by atoms with E-state index in [2.05, 4.69) is 5.32 Å². The van der Waals surface area contributed by atoms with Gasteiger partial charge in [0.15, 0.2) is 0 Å². The highest BCUT2D eigenvalue weighted by molar-refractivity contribution is 5.79. The molecule has 0 radical (unpaired) electrons. The molecule has 0 saturated heterocycles. The number of carboxylic acid groups (broad SMARTS) is 1. The van der Waals surface area contributed by atoms with Gasteiger partial charge in [0.1, 0.15) is 0 Å². The topological polar surface area (TPSA) is 49.3 Å². The number of carbonyl (C=O) groups is 1. The molecule has 0 atom stereocenters. The van der Waals surface area contributed by atoms with Gasteiger partial charge in [-0.2, -0.15) is 0 Å². The average Bonchev–Trinajstić information content (AvgIpc) is 2.18.